The first kappa shape index (κ1) is 15.2. The molecule has 4 heteroatoms. The minimum atomic E-state index is -0.246. The van der Waals surface area contributed by atoms with Gasteiger partial charge in [0, 0.05) is 12.3 Å². The Hall–Kier alpha value is -2.90. The molecule has 1 heterocycles. The third-order valence-electron chi connectivity index (χ3n) is 3.39. The molecule has 1 saturated heterocycles. The first-order valence-corrected chi connectivity index (χ1v) is 6.59. The molecule has 115 valence electrons. The fraction of sp³-hybridized carbons (Fsp3) is 0.375. The Kier molecular flexibility index (Phi) is 4.79. The van der Waals surface area contributed by atoms with Crippen LogP contribution in [0.3, 0.4) is 0 Å². The maximum atomic E-state index is 11.8. The average Bonchev–Trinajstić information content (AvgIpc) is 2.29. The second-order valence-corrected chi connectivity index (χ2v) is 5.14. The molecule has 1 N–H and O–H groups in total. The molecular formula is C16H18LrNO2-. The quantitative estimate of drug-likeness (QED) is 0.452. The molecule has 0 saturated carbocycles. The van der Waals surface area contributed by atoms with Gasteiger partial charge in [-0.3, -0.25) is 14.9 Å². The van der Waals surface area contributed by atoms with Crippen LogP contribution in [0.4, 0.5) is 0 Å². The van der Waals surface area contributed by atoms with Gasteiger partial charge >= 0.3 is 0 Å². The first-order chi connectivity index (χ1) is 9.08. The van der Waals surface area contributed by atoms with Gasteiger partial charge in [-0.1, -0.05) is 25.8 Å². The molecular weight excluding hydrogens is 500 g/mol. The molecule has 1 aliphatic carbocycles. The fourth-order valence-electron chi connectivity index (χ4n) is 2.19. The van der Waals surface area contributed by atoms with Crippen molar-refractivity contribution in [1.29, 1.82) is 0 Å². The van der Waals surface area contributed by atoms with Crippen molar-refractivity contribution in [3.63, 3.8) is 0 Å². The van der Waals surface area contributed by atoms with Crippen molar-refractivity contribution in [1.82, 2.24) is 5.32 Å². The maximum absolute atomic E-state index is 11.8. The third kappa shape index (κ3) is 3.31. The summed E-state index contributed by atoms with van der Waals surface area (Å²) < 4.78 is 0. The summed E-state index contributed by atoms with van der Waals surface area (Å²) in [5.74, 6) is -0.188. The smallest absolute Gasteiger partial charge is 0.226 e. The zero-order valence-electron chi connectivity index (χ0n) is 11.5. The summed E-state index contributed by atoms with van der Waals surface area (Å²) in [6.45, 7) is 4.26. The molecule has 0 spiro atoms. The van der Waals surface area contributed by atoms with E-state index >= 15 is 0 Å². The molecule has 2 aliphatic rings. The summed E-state index contributed by atoms with van der Waals surface area (Å²) in [5.41, 5.74) is 2.11. The molecule has 1 radical (unpaired) electrons. The normalized spacial score (nSPS) is 30.9. The second kappa shape index (κ2) is 6.32. The zero-order chi connectivity index (χ0) is 13.8. The maximum Gasteiger partial charge on any atom is 0.226 e. The van der Waals surface area contributed by atoms with Gasteiger partial charge in [-0.2, -0.15) is 18.2 Å². The molecule has 0 aromatic rings. The van der Waals surface area contributed by atoms with Crippen LogP contribution >= 0.6 is 0 Å². The van der Waals surface area contributed by atoms with E-state index < -0.39 is 0 Å². The van der Waals surface area contributed by atoms with Crippen molar-refractivity contribution in [3.05, 3.63) is 47.6 Å². The summed E-state index contributed by atoms with van der Waals surface area (Å²) in [6, 6.07) is 0. The van der Waals surface area contributed by atoms with Crippen LogP contribution in [-0.4, -0.2) is 11.8 Å². The van der Waals surface area contributed by atoms with Crippen LogP contribution in [-0.2, 0) is 9.59 Å². The van der Waals surface area contributed by atoms with Crippen molar-refractivity contribution in [3.8, 4) is 0 Å². The summed E-state index contributed by atoms with van der Waals surface area (Å²) in [5, 5.41) is 2.38. The van der Waals surface area contributed by atoms with E-state index in [-0.39, 0.29) is 17.7 Å². The number of allylic oxidation sites excluding steroid dienone is 7. The van der Waals surface area contributed by atoms with E-state index in [1.165, 1.54) is 5.57 Å². The molecule has 2 rings (SSSR count). The van der Waals surface area contributed by atoms with E-state index in [1.807, 2.05) is 30.4 Å². The Morgan fingerprint density at radius 2 is 2.10 bits per heavy atom. The van der Waals surface area contributed by atoms with Crippen molar-refractivity contribution in [2.45, 2.75) is 26.7 Å². The minimum absolute atomic E-state index is 0. The number of imide groups is 1. The van der Waals surface area contributed by atoms with E-state index in [9.17, 15) is 9.59 Å². The number of amides is 2. The van der Waals surface area contributed by atoms with E-state index in [0.29, 0.717) is 18.8 Å². The Morgan fingerprint density at radius 3 is 2.75 bits per heavy atom. The van der Waals surface area contributed by atoms with E-state index in [0.717, 1.165) is 5.57 Å². The standard InChI is InChI=1S/C16H18NO2.Lr/c1-11(2)12-5-3-7-13(8-4-6-12)14-9-10-15(18)17-16(14)19;/h3,5-8,11,14H,9-10H2,1-2H3,(H,17,18,19);/q-1;/b5-3?,7-3-,12-5+,12-6?,13-7?,13-8+;. The monoisotopic (exact) mass is 518 g/mol. The second-order valence-electron chi connectivity index (χ2n) is 5.14. The van der Waals surface area contributed by atoms with Crippen molar-refractivity contribution < 1.29 is 9.59 Å². The number of carbonyl (C=O) groups excluding carboxylic acids is 2. The third-order valence-corrected chi connectivity index (χ3v) is 3.39. The topological polar surface area (TPSA) is 46.2 Å². The number of nitrogens with one attached hydrogen (secondary N) is 1. The summed E-state index contributed by atoms with van der Waals surface area (Å²) >= 11 is 0. The van der Waals surface area contributed by atoms with Crippen molar-refractivity contribution in [2.75, 3.05) is 0 Å². The van der Waals surface area contributed by atoms with Gasteiger partial charge in [-0.15, -0.1) is 23.3 Å². The van der Waals surface area contributed by atoms with E-state index in [1.54, 1.807) is 0 Å². The minimum Gasteiger partial charge on any atom is -0.297 e. The van der Waals surface area contributed by atoms with Crippen LogP contribution in [0.1, 0.15) is 26.7 Å². The van der Waals surface area contributed by atoms with Crippen LogP contribution in [0.5, 0.6) is 0 Å². The number of hydrogen-bond acceptors (Lipinski definition) is 2. The van der Waals surface area contributed by atoms with Crippen LogP contribution in [0.15, 0.2) is 41.5 Å². The van der Waals surface area contributed by atoms with Crippen LogP contribution in [0.25, 0.3) is 0 Å². The summed E-state index contributed by atoms with van der Waals surface area (Å²) in [4.78, 5) is 23.0. The molecule has 3 nitrogen and oxygen atoms in total. The number of carbonyl (C=O) groups is 2. The SMILES string of the molecule is CC(C)C1=C/C=C\C(C2CCC(=O)NC2=O)=C/[C-]=C\1.[Lr]. The fourth-order valence-corrected chi connectivity index (χ4v) is 2.19. The Bertz CT molecular complexity index is 513. The van der Waals surface area contributed by atoms with Gasteiger partial charge in [-0.25, -0.2) is 0 Å². The van der Waals surface area contributed by atoms with E-state index in [2.05, 4.69) is 25.2 Å². The van der Waals surface area contributed by atoms with E-state index in [4.69, 9.17) is 0 Å². The molecule has 0 aromatic carbocycles. The molecule has 1 unspecified atom stereocenters. The number of rotatable bonds is 2. The van der Waals surface area contributed by atoms with Gasteiger partial charge in [-0.05, 0) is 6.42 Å². The molecule has 2 amide bonds. The van der Waals surface area contributed by atoms with Crippen molar-refractivity contribution >= 4 is 11.8 Å². The van der Waals surface area contributed by atoms with Crippen molar-refractivity contribution in [2.24, 2.45) is 11.8 Å². The zero-order valence-corrected chi connectivity index (χ0v) is 13.7. The molecule has 1 aliphatic heterocycles. The van der Waals surface area contributed by atoms with Gasteiger partial charge in [0.2, 0.25) is 11.8 Å². The van der Waals surface area contributed by atoms with Gasteiger partial charge in [0.1, 0.15) is 0 Å². The molecule has 20 heavy (non-hydrogen) atoms. The molecule has 0 aromatic heterocycles. The van der Waals surface area contributed by atoms with Gasteiger partial charge in [0.15, 0.2) is 0 Å². The van der Waals surface area contributed by atoms with Crippen LogP contribution in [0.2, 0.25) is 0 Å². The van der Waals surface area contributed by atoms with Gasteiger partial charge < -0.3 is 0 Å². The Balaban J connectivity index is 0.00000200. The van der Waals surface area contributed by atoms with Gasteiger partial charge in [0.25, 0.3) is 0 Å². The first-order valence-electron chi connectivity index (χ1n) is 6.59. The number of piperidine rings is 1. The largest absolute Gasteiger partial charge is 0.297 e. The number of hydrogen-bond donors (Lipinski definition) is 1. The molecule has 0 bridgehead atoms. The van der Waals surface area contributed by atoms with Gasteiger partial charge in [0.05, 0.1) is 0 Å². The predicted molar refractivity (Wildman–Crippen MR) is 73.8 cm³/mol. The van der Waals surface area contributed by atoms with Crippen LogP contribution in [0, 0.1) is 17.9 Å². The summed E-state index contributed by atoms with van der Waals surface area (Å²) in [7, 11) is 0. The Labute approximate surface area is 113 Å². The average molecular weight is 518 g/mol. The summed E-state index contributed by atoms with van der Waals surface area (Å²) in [6.07, 6.45) is 13.8. The Morgan fingerprint density at radius 1 is 1.35 bits per heavy atom. The van der Waals surface area contributed by atoms with Crippen LogP contribution < -0.4 is 5.32 Å². The molecule has 1 fully saturated rings. The predicted octanol–water partition coefficient (Wildman–Crippen LogP) is 2.48. The molecule has 1 atom stereocenters.